The van der Waals surface area contributed by atoms with Crippen LogP contribution >= 0.6 is 11.3 Å². The van der Waals surface area contributed by atoms with Crippen LogP contribution in [0.4, 0.5) is 0 Å². The summed E-state index contributed by atoms with van der Waals surface area (Å²) in [5, 5.41) is 15.0. The second-order valence-electron chi connectivity index (χ2n) is 14.4. The molecular weight excluding hydrogens is 673 g/mol. The molecule has 0 aliphatic carbocycles. The van der Waals surface area contributed by atoms with Gasteiger partial charge in [0, 0.05) is 30.9 Å². The zero-order valence-corrected chi connectivity index (χ0v) is 30.0. The van der Waals surface area contributed by atoms with Gasteiger partial charge in [0.2, 0.25) is 0 Å². The number of hydrogen-bond donors (Lipinski definition) is 0. The van der Waals surface area contributed by atoms with Crippen molar-refractivity contribution in [1.29, 1.82) is 0 Å². The molecule has 12 aromatic rings. The first kappa shape index (κ1) is 29.8. The van der Waals surface area contributed by atoms with E-state index >= 15 is 0 Å². The molecule has 0 amide bonds. The number of benzene rings is 10. The van der Waals surface area contributed by atoms with E-state index in [4.69, 9.17) is 4.42 Å². The quantitative estimate of drug-likeness (QED) is 0.167. The minimum absolute atomic E-state index is 0.913. The van der Waals surface area contributed by atoms with Crippen molar-refractivity contribution in [2.45, 2.75) is 0 Å². The van der Waals surface area contributed by atoms with Crippen LogP contribution in [0.15, 0.2) is 186 Å². The molecule has 0 aliphatic rings. The van der Waals surface area contributed by atoms with Crippen molar-refractivity contribution in [3.8, 4) is 33.4 Å². The largest absolute Gasteiger partial charge is 0.456 e. The van der Waals surface area contributed by atoms with Crippen LogP contribution in [-0.2, 0) is 0 Å². The molecule has 2 heterocycles. The molecule has 0 saturated carbocycles. The maximum absolute atomic E-state index is 6.57. The molecule has 0 spiro atoms. The Morgan fingerprint density at radius 1 is 0.296 bits per heavy atom. The van der Waals surface area contributed by atoms with Crippen molar-refractivity contribution in [1.82, 2.24) is 0 Å². The Kier molecular flexibility index (Phi) is 6.28. The first-order chi connectivity index (χ1) is 26.7. The highest BCUT2D eigenvalue weighted by Gasteiger charge is 2.18. The zero-order chi connectivity index (χ0) is 35.3. The fraction of sp³-hybridized carbons (Fsp3) is 0. The van der Waals surface area contributed by atoms with E-state index in [1.165, 1.54) is 96.5 Å². The van der Waals surface area contributed by atoms with Crippen molar-refractivity contribution < 1.29 is 4.42 Å². The number of thiophene rings is 1. The normalized spacial score (nSPS) is 12.1. The van der Waals surface area contributed by atoms with Gasteiger partial charge in [0.15, 0.2) is 0 Å². The number of fused-ring (bicyclic) bond motifs is 11. The first-order valence-corrected chi connectivity index (χ1v) is 19.3. The molecule has 0 atom stereocenters. The molecule has 1 nitrogen and oxygen atoms in total. The third-order valence-corrected chi connectivity index (χ3v) is 12.6. The highest BCUT2D eigenvalue weighted by Crippen LogP contribution is 2.45. The standard InChI is InChI=1S/C52H30OS/c1-2-10-34-27-37(22-19-31(34)9-1)51-41-14-5-3-12-39(41)50(40-13-4-6-15-42(40)51)33-20-17-32(18-21-33)35-23-25-43-47(28-35)53-46-26-24-36-29-49-45(30-44(36)52(43)46)38-11-7-8-16-48(38)54-49/h1-30H. The summed E-state index contributed by atoms with van der Waals surface area (Å²) >= 11 is 1.86. The van der Waals surface area contributed by atoms with Gasteiger partial charge in [0.05, 0.1) is 0 Å². The molecule has 0 unspecified atom stereocenters. The summed E-state index contributed by atoms with van der Waals surface area (Å²) in [7, 11) is 0. The van der Waals surface area contributed by atoms with Crippen LogP contribution in [0.2, 0.25) is 0 Å². The van der Waals surface area contributed by atoms with Gasteiger partial charge in [0.1, 0.15) is 11.2 Å². The van der Waals surface area contributed by atoms with E-state index in [9.17, 15) is 0 Å². The fourth-order valence-electron chi connectivity index (χ4n) is 8.92. The van der Waals surface area contributed by atoms with E-state index in [1.807, 2.05) is 11.3 Å². The van der Waals surface area contributed by atoms with Crippen molar-refractivity contribution in [2.24, 2.45) is 0 Å². The SMILES string of the molecule is c1ccc2cc(-c3c4ccccc4c(-c4ccc(-c5ccc6c(c5)oc5ccc7cc8sc9ccccc9c8cc7c56)cc4)c4ccccc34)ccc2c1. The second-order valence-corrected chi connectivity index (χ2v) is 15.5. The summed E-state index contributed by atoms with van der Waals surface area (Å²) in [6.45, 7) is 0. The van der Waals surface area contributed by atoms with Crippen LogP contribution in [-0.4, -0.2) is 0 Å². The summed E-state index contributed by atoms with van der Waals surface area (Å²) < 4.78 is 9.21. The van der Waals surface area contributed by atoms with E-state index in [2.05, 4.69) is 182 Å². The molecule has 0 aliphatic heterocycles. The van der Waals surface area contributed by atoms with E-state index in [-0.39, 0.29) is 0 Å². The lowest BCUT2D eigenvalue weighted by molar-refractivity contribution is 0.669. The predicted molar refractivity (Wildman–Crippen MR) is 233 cm³/mol. The number of furan rings is 1. The van der Waals surface area contributed by atoms with E-state index in [0.29, 0.717) is 0 Å². The molecule has 250 valence electrons. The third-order valence-electron chi connectivity index (χ3n) is 11.4. The molecule has 12 rings (SSSR count). The van der Waals surface area contributed by atoms with E-state index in [0.717, 1.165) is 22.1 Å². The van der Waals surface area contributed by atoms with Crippen LogP contribution < -0.4 is 0 Å². The molecule has 0 saturated heterocycles. The van der Waals surface area contributed by atoms with Gasteiger partial charge in [-0.05, 0) is 119 Å². The molecular formula is C52H30OS. The number of hydrogen-bond acceptors (Lipinski definition) is 2. The lowest BCUT2D eigenvalue weighted by Gasteiger charge is -2.18. The lowest BCUT2D eigenvalue weighted by Crippen LogP contribution is -1.91. The smallest absolute Gasteiger partial charge is 0.136 e. The Hall–Kier alpha value is -6.74. The molecule has 0 fully saturated rings. The second kappa shape index (κ2) is 11.4. The molecule has 0 N–H and O–H groups in total. The molecule has 2 heteroatoms. The number of rotatable bonds is 3. The fourth-order valence-corrected chi connectivity index (χ4v) is 10.1. The van der Waals surface area contributed by atoms with Crippen LogP contribution in [0.3, 0.4) is 0 Å². The lowest BCUT2D eigenvalue weighted by atomic mass is 9.85. The van der Waals surface area contributed by atoms with Gasteiger partial charge in [-0.25, -0.2) is 0 Å². The highest BCUT2D eigenvalue weighted by molar-refractivity contribution is 7.25. The van der Waals surface area contributed by atoms with Gasteiger partial charge in [-0.15, -0.1) is 11.3 Å². The van der Waals surface area contributed by atoms with Gasteiger partial charge < -0.3 is 4.42 Å². The van der Waals surface area contributed by atoms with E-state index in [1.54, 1.807) is 0 Å². The van der Waals surface area contributed by atoms with Crippen molar-refractivity contribution >= 4 is 96.5 Å². The van der Waals surface area contributed by atoms with Crippen molar-refractivity contribution in [3.05, 3.63) is 182 Å². The van der Waals surface area contributed by atoms with Gasteiger partial charge in [0.25, 0.3) is 0 Å². The van der Waals surface area contributed by atoms with Crippen LogP contribution in [0, 0.1) is 0 Å². The Balaban J connectivity index is 0.982. The molecule has 2 aromatic heterocycles. The predicted octanol–water partition coefficient (Wildman–Crippen LogP) is 15.6. The van der Waals surface area contributed by atoms with Crippen LogP contribution in [0.25, 0.3) is 119 Å². The average Bonchev–Trinajstić information content (AvgIpc) is 3.79. The van der Waals surface area contributed by atoms with E-state index < -0.39 is 0 Å². The Morgan fingerprint density at radius 2 is 0.889 bits per heavy atom. The summed E-state index contributed by atoms with van der Waals surface area (Å²) in [5.74, 6) is 0. The minimum atomic E-state index is 0.913. The zero-order valence-electron chi connectivity index (χ0n) is 29.1. The van der Waals surface area contributed by atoms with Crippen molar-refractivity contribution in [3.63, 3.8) is 0 Å². The molecule has 54 heavy (non-hydrogen) atoms. The van der Waals surface area contributed by atoms with Gasteiger partial charge in [-0.2, -0.15) is 0 Å². The van der Waals surface area contributed by atoms with Gasteiger partial charge in [-0.3, -0.25) is 0 Å². The van der Waals surface area contributed by atoms with Crippen LogP contribution in [0.5, 0.6) is 0 Å². The van der Waals surface area contributed by atoms with Crippen LogP contribution in [0.1, 0.15) is 0 Å². The summed E-state index contributed by atoms with van der Waals surface area (Å²) in [6, 6.07) is 66.8. The average molecular weight is 703 g/mol. The summed E-state index contributed by atoms with van der Waals surface area (Å²) in [6.07, 6.45) is 0. The molecule has 10 aromatic carbocycles. The molecule has 0 bridgehead atoms. The minimum Gasteiger partial charge on any atom is -0.456 e. The Bertz CT molecular complexity index is 3430. The monoisotopic (exact) mass is 702 g/mol. The van der Waals surface area contributed by atoms with Gasteiger partial charge in [-0.1, -0.05) is 140 Å². The van der Waals surface area contributed by atoms with Crippen molar-refractivity contribution in [2.75, 3.05) is 0 Å². The third kappa shape index (κ3) is 4.38. The summed E-state index contributed by atoms with van der Waals surface area (Å²) in [5.41, 5.74) is 9.15. The van der Waals surface area contributed by atoms with Gasteiger partial charge >= 0.3 is 0 Å². The first-order valence-electron chi connectivity index (χ1n) is 18.5. The Morgan fingerprint density at radius 3 is 1.65 bits per heavy atom. The Labute approximate surface area is 314 Å². The maximum Gasteiger partial charge on any atom is 0.136 e. The summed E-state index contributed by atoms with van der Waals surface area (Å²) in [4.78, 5) is 0. The topological polar surface area (TPSA) is 13.1 Å². The highest BCUT2D eigenvalue weighted by atomic mass is 32.1. The molecule has 0 radical (unpaired) electrons. The maximum atomic E-state index is 6.57.